The summed E-state index contributed by atoms with van der Waals surface area (Å²) in [5.74, 6) is -0.405. The average molecular weight is 357 g/mol. The van der Waals surface area contributed by atoms with Crippen LogP contribution >= 0.6 is 0 Å². The number of amides is 2. The summed E-state index contributed by atoms with van der Waals surface area (Å²) in [5, 5.41) is 2.98. The summed E-state index contributed by atoms with van der Waals surface area (Å²) in [6.45, 7) is 4.01. The predicted octanol–water partition coefficient (Wildman–Crippen LogP) is -1.17. The Bertz CT molecular complexity index is 414. The first kappa shape index (κ1) is 21.8. The van der Waals surface area contributed by atoms with Gasteiger partial charge in [-0.1, -0.05) is 0 Å². The number of nitrogens with zero attached hydrogens (tertiary/aromatic N) is 2. The SMILES string of the molecule is CN1CCC[C@@H]1C(N)=O.CN1CCC[C@@H]1CN.NC(=O)[C@H]1CCCN1. The predicted molar refractivity (Wildman–Crippen MR) is 99.8 cm³/mol. The minimum Gasteiger partial charge on any atom is -0.368 e. The minimum atomic E-state index is -0.220. The van der Waals surface area contributed by atoms with Crippen molar-refractivity contribution in [3.05, 3.63) is 0 Å². The van der Waals surface area contributed by atoms with Crippen molar-refractivity contribution in [3.63, 3.8) is 0 Å². The molecule has 25 heavy (non-hydrogen) atoms. The number of hydrogen-bond acceptors (Lipinski definition) is 6. The molecule has 0 aromatic heterocycles. The molecule has 3 rings (SSSR count). The van der Waals surface area contributed by atoms with Gasteiger partial charge in [-0.3, -0.25) is 14.5 Å². The Labute approximate surface area is 151 Å². The quantitative estimate of drug-likeness (QED) is 0.504. The van der Waals surface area contributed by atoms with E-state index < -0.39 is 0 Å². The topological polar surface area (TPSA) is 131 Å². The average Bonchev–Trinajstić information content (AvgIpc) is 3.29. The van der Waals surface area contributed by atoms with Gasteiger partial charge in [0.15, 0.2) is 0 Å². The maximum atomic E-state index is 10.6. The lowest BCUT2D eigenvalue weighted by atomic mass is 10.2. The lowest BCUT2D eigenvalue weighted by Gasteiger charge is -2.15. The van der Waals surface area contributed by atoms with Crippen molar-refractivity contribution >= 4 is 11.8 Å². The van der Waals surface area contributed by atoms with Gasteiger partial charge in [0, 0.05) is 12.6 Å². The van der Waals surface area contributed by atoms with Crippen molar-refractivity contribution in [3.8, 4) is 0 Å². The molecule has 3 aliphatic rings. The zero-order valence-electron chi connectivity index (χ0n) is 15.7. The third-order valence-corrected chi connectivity index (χ3v) is 5.20. The van der Waals surface area contributed by atoms with Crippen LogP contribution in [0.4, 0.5) is 0 Å². The van der Waals surface area contributed by atoms with Crippen molar-refractivity contribution in [2.45, 2.75) is 56.7 Å². The van der Waals surface area contributed by atoms with Crippen molar-refractivity contribution in [1.29, 1.82) is 0 Å². The minimum absolute atomic E-state index is 0.00463. The van der Waals surface area contributed by atoms with Crippen molar-refractivity contribution in [2.75, 3.05) is 40.3 Å². The number of nitrogens with two attached hydrogens (primary N) is 3. The lowest BCUT2D eigenvalue weighted by molar-refractivity contribution is -0.122. The van der Waals surface area contributed by atoms with E-state index in [4.69, 9.17) is 17.2 Å². The molecule has 7 N–H and O–H groups in total. The molecule has 0 aromatic carbocycles. The Balaban J connectivity index is 0.000000188. The fraction of sp³-hybridized carbons (Fsp3) is 0.882. The van der Waals surface area contributed by atoms with Crippen LogP contribution in [0.3, 0.4) is 0 Å². The highest BCUT2D eigenvalue weighted by molar-refractivity contribution is 5.80. The molecule has 0 bridgehead atoms. The molecule has 3 saturated heterocycles. The van der Waals surface area contributed by atoms with Crippen LogP contribution in [0.5, 0.6) is 0 Å². The molecular weight excluding hydrogens is 320 g/mol. The molecule has 0 aromatic rings. The zero-order valence-corrected chi connectivity index (χ0v) is 15.7. The van der Waals surface area contributed by atoms with E-state index in [2.05, 4.69) is 17.3 Å². The van der Waals surface area contributed by atoms with Crippen LogP contribution in [0.25, 0.3) is 0 Å². The van der Waals surface area contributed by atoms with Gasteiger partial charge < -0.3 is 27.4 Å². The smallest absolute Gasteiger partial charge is 0.234 e. The fourth-order valence-corrected chi connectivity index (χ4v) is 3.47. The molecule has 8 heteroatoms. The molecular formula is C17H36N6O2. The number of rotatable bonds is 3. The van der Waals surface area contributed by atoms with E-state index in [9.17, 15) is 9.59 Å². The second-order valence-corrected chi connectivity index (χ2v) is 7.10. The standard InChI is InChI=1S/C6H12N2O.C6H14N2.C5H10N2O/c1-8-4-2-3-5(8)6(7)9;1-8-4-2-3-6(8)5-7;6-5(8)4-2-1-3-7-4/h5H,2-4H2,1H3,(H2,7,9);6H,2-5,7H2,1H3;4,7H,1-3H2,(H2,6,8)/t5-;6-;4-/m111/s1. The second kappa shape index (κ2) is 11.4. The Kier molecular flexibility index (Phi) is 9.96. The molecule has 0 radical (unpaired) electrons. The molecule has 2 amide bonds. The van der Waals surface area contributed by atoms with Gasteiger partial charge in [0.2, 0.25) is 11.8 Å². The molecule has 0 unspecified atom stereocenters. The zero-order chi connectivity index (χ0) is 18.8. The molecule has 3 fully saturated rings. The number of carbonyl (C=O) groups excluding carboxylic acids is 2. The van der Waals surface area contributed by atoms with Crippen LogP contribution in [-0.2, 0) is 9.59 Å². The van der Waals surface area contributed by atoms with Gasteiger partial charge in [0.1, 0.15) is 0 Å². The van der Waals surface area contributed by atoms with E-state index in [0.29, 0.717) is 6.04 Å². The Morgan fingerprint density at radius 2 is 1.60 bits per heavy atom. The van der Waals surface area contributed by atoms with Gasteiger partial charge in [0.25, 0.3) is 0 Å². The number of primary amides is 2. The van der Waals surface area contributed by atoms with Crippen LogP contribution in [0.1, 0.15) is 38.5 Å². The van der Waals surface area contributed by atoms with Crippen molar-refractivity contribution in [2.24, 2.45) is 17.2 Å². The van der Waals surface area contributed by atoms with Gasteiger partial charge in [0.05, 0.1) is 12.1 Å². The van der Waals surface area contributed by atoms with E-state index in [1.807, 2.05) is 11.9 Å². The number of carbonyl (C=O) groups is 2. The van der Waals surface area contributed by atoms with Gasteiger partial charge in [-0.25, -0.2) is 0 Å². The van der Waals surface area contributed by atoms with E-state index in [-0.39, 0.29) is 23.9 Å². The molecule has 146 valence electrons. The summed E-state index contributed by atoms with van der Waals surface area (Å²) in [4.78, 5) is 25.3. The van der Waals surface area contributed by atoms with Crippen LogP contribution in [0.2, 0.25) is 0 Å². The van der Waals surface area contributed by atoms with Crippen LogP contribution < -0.4 is 22.5 Å². The summed E-state index contributed by atoms with van der Waals surface area (Å²) in [6.07, 6.45) is 6.66. The Morgan fingerprint density at radius 1 is 0.960 bits per heavy atom. The molecule has 0 spiro atoms. The number of nitrogens with one attached hydrogen (secondary N) is 1. The van der Waals surface area contributed by atoms with Crippen molar-refractivity contribution in [1.82, 2.24) is 15.1 Å². The Hall–Kier alpha value is -1.22. The summed E-state index contributed by atoms with van der Waals surface area (Å²) in [6, 6.07) is 0.634. The monoisotopic (exact) mass is 356 g/mol. The summed E-state index contributed by atoms with van der Waals surface area (Å²) >= 11 is 0. The van der Waals surface area contributed by atoms with Crippen LogP contribution in [-0.4, -0.2) is 80.0 Å². The Morgan fingerprint density at radius 3 is 1.84 bits per heavy atom. The number of hydrogen-bond donors (Lipinski definition) is 4. The van der Waals surface area contributed by atoms with E-state index >= 15 is 0 Å². The molecule has 3 atom stereocenters. The lowest BCUT2D eigenvalue weighted by Crippen LogP contribution is -2.37. The number of likely N-dealkylation sites (N-methyl/N-ethyl adjacent to an activating group) is 2. The van der Waals surface area contributed by atoms with Gasteiger partial charge in [-0.2, -0.15) is 0 Å². The maximum absolute atomic E-state index is 10.6. The van der Waals surface area contributed by atoms with Crippen LogP contribution in [0, 0.1) is 0 Å². The van der Waals surface area contributed by atoms with Crippen LogP contribution in [0.15, 0.2) is 0 Å². The third kappa shape index (κ3) is 7.68. The highest BCUT2D eigenvalue weighted by atomic mass is 16.2. The van der Waals surface area contributed by atoms with Gasteiger partial charge in [-0.05, 0) is 72.3 Å². The largest absolute Gasteiger partial charge is 0.368 e. The van der Waals surface area contributed by atoms with Gasteiger partial charge in [-0.15, -0.1) is 0 Å². The first-order valence-corrected chi connectivity index (χ1v) is 9.29. The third-order valence-electron chi connectivity index (χ3n) is 5.20. The fourth-order valence-electron chi connectivity index (χ4n) is 3.47. The second-order valence-electron chi connectivity index (χ2n) is 7.10. The molecule has 3 heterocycles. The molecule has 0 aliphatic carbocycles. The molecule has 3 aliphatic heterocycles. The van der Waals surface area contributed by atoms with E-state index in [1.54, 1.807) is 0 Å². The van der Waals surface area contributed by atoms with E-state index in [1.165, 1.54) is 19.4 Å². The van der Waals surface area contributed by atoms with Gasteiger partial charge >= 0.3 is 0 Å². The first-order chi connectivity index (χ1) is 11.9. The molecule has 8 nitrogen and oxygen atoms in total. The van der Waals surface area contributed by atoms with Crippen molar-refractivity contribution < 1.29 is 9.59 Å². The molecule has 0 saturated carbocycles. The summed E-state index contributed by atoms with van der Waals surface area (Å²) < 4.78 is 0. The highest BCUT2D eigenvalue weighted by Gasteiger charge is 2.25. The summed E-state index contributed by atoms with van der Waals surface area (Å²) in [7, 11) is 4.08. The first-order valence-electron chi connectivity index (χ1n) is 9.29. The normalized spacial score (nSPS) is 29.5. The maximum Gasteiger partial charge on any atom is 0.234 e. The highest BCUT2D eigenvalue weighted by Crippen LogP contribution is 2.13. The summed E-state index contributed by atoms with van der Waals surface area (Å²) in [5.41, 5.74) is 15.6. The number of likely N-dealkylation sites (tertiary alicyclic amines) is 2. The van der Waals surface area contributed by atoms with E-state index in [0.717, 1.165) is 45.3 Å².